The van der Waals surface area contributed by atoms with Gasteiger partial charge in [-0.15, -0.1) is 0 Å². The van der Waals surface area contributed by atoms with Gasteiger partial charge in [0.05, 0.1) is 11.1 Å². The van der Waals surface area contributed by atoms with E-state index in [1.807, 2.05) is 58.0 Å². The second kappa shape index (κ2) is 8.74. The minimum Gasteiger partial charge on any atom is -0.457 e. The average Bonchev–Trinajstić information content (AvgIpc) is 2.74. The van der Waals surface area contributed by atoms with E-state index in [0.717, 1.165) is 27.8 Å². The molecule has 0 spiro atoms. The molecule has 0 fully saturated rings. The average molecular weight is 388 g/mol. The van der Waals surface area contributed by atoms with E-state index in [2.05, 4.69) is 6.07 Å². The van der Waals surface area contributed by atoms with Gasteiger partial charge in [-0.3, -0.25) is 0 Å². The molecule has 0 heterocycles. The smallest absolute Gasteiger partial charge is 0.344 e. The fourth-order valence-corrected chi connectivity index (χ4v) is 3.12. The molecular weight excluding hydrogens is 364 g/mol. The van der Waals surface area contributed by atoms with Gasteiger partial charge in [0, 0.05) is 0 Å². The van der Waals surface area contributed by atoms with E-state index in [4.69, 9.17) is 9.47 Å². The second-order valence-corrected chi connectivity index (χ2v) is 7.09. The molecule has 0 radical (unpaired) electrons. The number of hydrogen-bond acceptors (Lipinski definition) is 4. The molecule has 29 heavy (non-hydrogen) atoms. The Kier molecular flexibility index (Phi) is 6.13. The SMILES string of the molecule is Cc1cc(C)c(C)c(OC(=O)c2ccccc2C(=O)OCc2ccccc2)c1C. The van der Waals surface area contributed by atoms with Crippen molar-refractivity contribution >= 4 is 11.9 Å². The van der Waals surface area contributed by atoms with Gasteiger partial charge in [-0.2, -0.15) is 0 Å². The topological polar surface area (TPSA) is 52.6 Å². The summed E-state index contributed by atoms with van der Waals surface area (Å²) in [6.45, 7) is 7.94. The van der Waals surface area contributed by atoms with Gasteiger partial charge in [0.25, 0.3) is 0 Å². The molecule has 0 aliphatic carbocycles. The molecule has 4 nitrogen and oxygen atoms in total. The van der Waals surface area contributed by atoms with Crippen molar-refractivity contribution in [1.29, 1.82) is 0 Å². The lowest BCUT2D eigenvalue weighted by molar-refractivity contribution is 0.0465. The number of hydrogen-bond donors (Lipinski definition) is 0. The van der Waals surface area contributed by atoms with E-state index in [0.29, 0.717) is 5.75 Å². The molecule has 0 saturated carbocycles. The highest BCUT2D eigenvalue weighted by molar-refractivity contribution is 6.03. The molecular formula is C25H24O4. The third-order valence-corrected chi connectivity index (χ3v) is 5.07. The van der Waals surface area contributed by atoms with Crippen LogP contribution in [0.2, 0.25) is 0 Å². The molecule has 4 heteroatoms. The lowest BCUT2D eigenvalue weighted by atomic mass is 10.00. The molecule has 148 valence electrons. The van der Waals surface area contributed by atoms with E-state index in [1.165, 1.54) is 0 Å². The third-order valence-electron chi connectivity index (χ3n) is 5.07. The molecule has 3 rings (SSSR count). The molecule has 0 atom stereocenters. The van der Waals surface area contributed by atoms with Crippen molar-refractivity contribution in [3.05, 3.63) is 99.6 Å². The summed E-state index contributed by atoms with van der Waals surface area (Å²) in [5.41, 5.74) is 5.16. The normalized spacial score (nSPS) is 10.5. The zero-order valence-corrected chi connectivity index (χ0v) is 17.1. The number of carbonyl (C=O) groups excluding carboxylic acids is 2. The Bertz CT molecular complexity index is 1030. The second-order valence-electron chi connectivity index (χ2n) is 7.09. The number of benzene rings is 3. The summed E-state index contributed by atoms with van der Waals surface area (Å²) in [6.07, 6.45) is 0. The van der Waals surface area contributed by atoms with E-state index in [1.54, 1.807) is 24.3 Å². The maximum Gasteiger partial charge on any atom is 0.344 e. The standard InChI is InChI=1S/C25H24O4/c1-16-14-17(2)19(4)23(18(16)3)29-25(27)22-13-9-8-12-21(22)24(26)28-15-20-10-6-5-7-11-20/h5-14H,15H2,1-4H3. The van der Waals surface area contributed by atoms with Crippen molar-refractivity contribution in [3.8, 4) is 5.75 Å². The van der Waals surface area contributed by atoms with Gasteiger partial charge in [-0.25, -0.2) is 9.59 Å². The highest BCUT2D eigenvalue weighted by atomic mass is 16.5. The van der Waals surface area contributed by atoms with Crippen molar-refractivity contribution in [2.24, 2.45) is 0 Å². The molecule has 0 aliphatic rings. The van der Waals surface area contributed by atoms with Crippen LogP contribution in [0.15, 0.2) is 60.7 Å². The van der Waals surface area contributed by atoms with Gasteiger partial charge in [0.15, 0.2) is 0 Å². The van der Waals surface area contributed by atoms with Gasteiger partial charge in [0.1, 0.15) is 12.4 Å². The summed E-state index contributed by atoms with van der Waals surface area (Å²) in [6, 6.07) is 18.0. The summed E-state index contributed by atoms with van der Waals surface area (Å²) in [4.78, 5) is 25.5. The monoisotopic (exact) mass is 388 g/mol. The van der Waals surface area contributed by atoms with Crippen LogP contribution in [0.25, 0.3) is 0 Å². The predicted octanol–water partition coefficient (Wildman–Crippen LogP) is 5.50. The lowest BCUT2D eigenvalue weighted by Gasteiger charge is -2.16. The van der Waals surface area contributed by atoms with Crippen LogP contribution in [0.4, 0.5) is 0 Å². The summed E-state index contributed by atoms with van der Waals surface area (Å²) in [5, 5.41) is 0. The quantitative estimate of drug-likeness (QED) is 0.428. The molecule has 0 unspecified atom stereocenters. The number of aryl methyl sites for hydroxylation is 2. The number of ether oxygens (including phenoxy) is 2. The van der Waals surface area contributed by atoms with E-state index in [9.17, 15) is 9.59 Å². The maximum atomic E-state index is 12.9. The fraction of sp³-hybridized carbons (Fsp3) is 0.200. The van der Waals surface area contributed by atoms with Gasteiger partial charge in [-0.05, 0) is 67.6 Å². The van der Waals surface area contributed by atoms with Gasteiger partial charge in [-0.1, -0.05) is 48.5 Å². The summed E-state index contributed by atoms with van der Waals surface area (Å²) in [7, 11) is 0. The van der Waals surface area contributed by atoms with Crippen molar-refractivity contribution in [3.63, 3.8) is 0 Å². The Morgan fingerprint density at radius 1 is 0.724 bits per heavy atom. The van der Waals surface area contributed by atoms with Crippen LogP contribution in [0.5, 0.6) is 5.75 Å². The minimum absolute atomic E-state index is 0.137. The fourth-order valence-electron chi connectivity index (χ4n) is 3.12. The van der Waals surface area contributed by atoms with Crippen LogP contribution in [-0.4, -0.2) is 11.9 Å². The highest BCUT2D eigenvalue weighted by Crippen LogP contribution is 2.30. The molecule has 0 aliphatic heterocycles. The van der Waals surface area contributed by atoms with Crippen LogP contribution in [0, 0.1) is 27.7 Å². The van der Waals surface area contributed by atoms with Crippen LogP contribution in [-0.2, 0) is 11.3 Å². The first-order chi connectivity index (χ1) is 13.9. The Hall–Kier alpha value is -3.40. The largest absolute Gasteiger partial charge is 0.457 e. The molecule has 0 saturated heterocycles. The third kappa shape index (κ3) is 4.54. The molecule has 0 amide bonds. The molecule has 3 aromatic carbocycles. The van der Waals surface area contributed by atoms with Crippen LogP contribution in [0.3, 0.4) is 0 Å². The molecule has 3 aromatic rings. The minimum atomic E-state index is -0.575. The predicted molar refractivity (Wildman–Crippen MR) is 112 cm³/mol. The first-order valence-electron chi connectivity index (χ1n) is 9.48. The van der Waals surface area contributed by atoms with Crippen molar-refractivity contribution < 1.29 is 19.1 Å². The summed E-state index contributed by atoms with van der Waals surface area (Å²) in [5.74, 6) is -0.594. The molecule has 0 bridgehead atoms. The first kappa shape index (κ1) is 20.3. The first-order valence-corrected chi connectivity index (χ1v) is 9.48. The summed E-state index contributed by atoms with van der Waals surface area (Å²) >= 11 is 0. The lowest BCUT2D eigenvalue weighted by Crippen LogP contribution is -2.17. The highest BCUT2D eigenvalue weighted by Gasteiger charge is 2.21. The van der Waals surface area contributed by atoms with Crippen molar-refractivity contribution in [2.75, 3.05) is 0 Å². The van der Waals surface area contributed by atoms with Gasteiger partial charge >= 0.3 is 11.9 Å². The number of esters is 2. The van der Waals surface area contributed by atoms with Crippen LogP contribution >= 0.6 is 0 Å². The number of rotatable bonds is 5. The zero-order valence-electron chi connectivity index (χ0n) is 17.1. The Morgan fingerprint density at radius 3 is 1.83 bits per heavy atom. The zero-order chi connectivity index (χ0) is 21.0. The van der Waals surface area contributed by atoms with Gasteiger partial charge < -0.3 is 9.47 Å². The molecule has 0 aromatic heterocycles. The number of carbonyl (C=O) groups is 2. The maximum absolute atomic E-state index is 12.9. The van der Waals surface area contributed by atoms with Crippen molar-refractivity contribution in [2.45, 2.75) is 34.3 Å². The van der Waals surface area contributed by atoms with Gasteiger partial charge in [0.2, 0.25) is 0 Å². The Morgan fingerprint density at radius 2 is 1.24 bits per heavy atom. The Balaban J connectivity index is 1.83. The Labute approximate surface area is 171 Å². The van der Waals surface area contributed by atoms with E-state index in [-0.39, 0.29) is 17.7 Å². The van der Waals surface area contributed by atoms with Crippen LogP contribution in [0.1, 0.15) is 48.5 Å². The van der Waals surface area contributed by atoms with Crippen LogP contribution < -0.4 is 4.74 Å². The molecule has 0 N–H and O–H groups in total. The van der Waals surface area contributed by atoms with E-state index < -0.39 is 11.9 Å². The summed E-state index contributed by atoms with van der Waals surface area (Å²) < 4.78 is 11.1. The van der Waals surface area contributed by atoms with E-state index >= 15 is 0 Å². The van der Waals surface area contributed by atoms with Crippen molar-refractivity contribution in [1.82, 2.24) is 0 Å².